The van der Waals surface area contributed by atoms with Crippen LogP contribution in [0.4, 0.5) is 0 Å². The standard InChI is InChI=1S/C24H25O3S.C24H19OS.C24H19S2.C22H17S/c1-24(2,3)27-23(25)18-26-19-14-16-22(17-15-19)28(20-10-6-4-7-11-20)21-12-8-5-9-13-21;2*1-4-10-20(11-5-1)25-21-16-18-24(19-17-21)26(22-12-6-2-7-13-22)23-14-8-3-9-15-23;1-3-12-19(13-4-1)23(20-14-5-2-6-15-20)22-17-9-11-18-10-7-8-16-21(18)22/h4-17H,18H2,1-3H3;2*1-19H;1-17H/q4*+1. The van der Waals surface area contributed by atoms with Gasteiger partial charge in [-0.25, -0.2) is 4.79 Å². The van der Waals surface area contributed by atoms with Gasteiger partial charge in [0.2, 0.25) is 0 Å². The van der Waals surface area contributed by atoms with Gasteiger partial charge in [0.15, 0.2) is 65.4 Å². The fourth-order valence-electron chi connectivity index (χ4n) is 11.2. The minimum atomic E-state index is -0.510. The molecule has 0 aliphatic heterocycles. The molecule has 9 heteroatoms. The second-order valence-corrected chi connectivity index (χ2v) is 33.5. The molecule has 0 unspecified atom stereocenters. The van der Waals surface area contributed by atoms with Crippen molar-refractivity contribution in [3.05, 3.63) is 419 Å². The molecule has 0 bridgehead atoms. The molecule has 0 aromatic heterocycles. The zero-order valence-electron chi connectivity index (χ0n) is 57.7. The average Bonchev–Trinajstić information content (AvgIpc) is 0.835. The van der Waals surface area contributed by atoms with E-state index < -0.39 is 5.60 Å². The van der Waals surface area contributed by atoms with E-state index in [1.807, 2.05) is 87.5 Å². The number of ether oxygens (including phenoxy) is 3. The molecule has 0 N–H and O–H groups in total. The number of hydrogen-bond donors (Lipinski definition) is 0. The van der Waals surface area contributed by atoms with Crippen LogP contribution in [0.2, 0.25) is 0 Å². The highest BCUT2D eigenvalue weighted by Gasteiger charge is 2.33. The second-order valence-electron chi connectivity index (χ2n) is 24.3. The third kappa shape index (κ3) is 21.0. The maximum absolute atomic E-state index is 11.8. The summed E-state index contributed by atoms with van der Waals surface area (Å²) in [5.74, 6) is 1.99. The number of hydrogen-bond acceptors (Lipinski definition) is 5. The minimum Gasteiger partial charge on any atom is -0.482 e. The molecular formula is C94H80O4S5+4. The van der Waals surface area contributed by atoms with E-state index in [4.69, 9.17) is 14.2 Å². The van der Waals surface area contributed by atoms with Crippen molar-refractivity contribution < 1.29 is 19.0 Å². The van der Waals surface area contributed by atoms with Gasteiger partial charge in [0.05, 0.1) is 43.6 Å². The Morgan fingerprint density at radius 1 is 0.272 bits per heavy atom. The first-order valence-electron chi connectivity index (χ1n) is 34.1. The Balaban J connectivity index is 0.000000130. The zero-order chi connectivity index (χ0) is 70.7. The van der Waals surface area contributed by atoms with Gasteiger partial charge in [0.25, 0.3) is 0 Å². The van der Waals surface area contributed by atoms with Crippen LogP contribution < -0.4 is 9.47 Å². The van der Waals surface area contributed by atoms with Crippen molar-refractivity contribution in [2.45, 2.75) is 94.9 Å². The van der Waals surface area contributed by atoms with Crippen molar-refractivity contribution in [1.29, 1.82) is 0 Å². The van der Waals surface area contributed by atoms with Crippen molar-refractivity contribution >= 4 is 72.1 Å². The van der Waals surface area contributed by atoms with Crippen LogP contribution in [-0.2, 0) is 53.1 Å². The zero-order valence-corrected chi connectivity index (χ0v) is 61.8. The van der Waals surface area contributed by atoms with E-state index in [-0.39, 0.29) is 56.2 Å². The van der Waals surface area contributed by atoms with Crippen LogP contribution in [0.1, 0.15) is 20.8 Å². The van der Waals surface area contributed by atoms with E-state index in [2.05, 4.69) is 352 Å². The Morgan fingerprint density at radius 2 is 0.544 bits per heavy atom. The van der Waals surface area contributed by atoms with Gasteiger partial charge in [0, 0.05) is 15.2 Å². The lowest BCUT2D eigenvalue weighted by molar-refractivity contribution is -0.157. The fourth-order valence-corrected chi connectivity index (χ4v) is 20.5. The summed E-state index contributed by atoms with van der Waals surface area (Å²) in [5.41, 5.74) is -0.510. The van der Waals surface area contributed by atoms with Crippen LogP contribution in [0.25, 0.3) is 10.8 Å². The highest BCUT2D eigenvalue weighted by molar-refractivity contribution is 7.99. The molecule has 0 spiro atoms. The number of carbonyl (C=O) groups excluding carboxylic acids is 1. The van der Waals surface area contributed by atoms with Gasteiger partial charge >= 0.3 is 5.97 Å². The van der Waals surface area contributed by atoms with Crippen molar-refractivity contribution in [3.8, 4) is 17.2 Å². The molecule has 506 valence electrons. The summed E-state index contributed by atoms with van der Waals surface area (Å²) in [7, 11) is -0.489. The van der Waals surface area contributed by atoms with Crippen LogP contribution in [-0.4, -0.2) is 18.2 Å². The van der Waals surface area contributed by atoms with Crippen LogP contribution in [0.5, 0.6) is 17.2 Å². The van der Waals surface area contributed by atoms with Crippen LogP contribution in [0, 0.1) is 0 Å². The molecule has 0 fully saturated rings. The largest absolute Gasteiger partial charge is 0.482 e. The monoisotopic (exact) mass is 1430 g/mol. The highest BCUT2D eigenvalue weighted by atomic mass is 32.2. The van der Waals surface area contributed by atoms with E-state index in [1.54, 1.807) is 11.8 Å². The lowest BCUT2D eigenvalue weighted by Crippen LogP contribution is -2.27. The molecule has 0 atom stereocenters. The summed E-state index contributed by atoms with van der Waals surface area (Å²) >= 11 is 1.80. The summed E-state index contributed by atoms with van der Waals surface area (Å²) < 4.78 is 16.8. The maximum atomic E-state index is 11.8. The average molecular weight is 1430 g/mol. The first-order chi connectivity index (χ1) is 50.7. The van der Waals surface area contributed by atoms with Crippen molar-refractivity contribution in [2.75, 3.05) is 6.61 Å². The normalized spacial score (nSPS) is 10.9. The molecule has 0 aliphatic carbocycles. The Bertz CT molecular complexity index is 4630. The number of rotatable bonds is 19. The van der Waals surface area contributed by atoms with Gasteiger partial charge in [-0.1, -0.05) is 224 Å². The number of esters is 1. The number of fused-ring (bicyclic) bond motifs is 1. The van der Waals surface area contributed by atoms with Gasteiger partial charge in [-0.3, -0.25) is 0 Å². The summed E-state index contributed by atoms with van der Waals surface area (Å²) in [6.45, 7) is 5.43. The second kappa shape index (κ2) is 37.3. The predicted octanol–water partition coefficient (Wildman–Crippen LogP) is 24.9. The molecule has 103 heavy (non-hydrogen) atoms. The molecule has 15 aromatic rings. The Kier molecular flexibility index (Phi) is 26.2. The Labute approximate surface area is 623 Å². The van der Waals surface area contributed by atoms with Crippen molar-refractivity contribution in [2.24, 2.45) is 0 Å². The molecule has 15 rings (SSSR count). The number of benzene rings is 15. The van der Waals surface area contributed by atoms with Gasteiger partial charge in [-0.2, -0.15) is 0 Å². The SMILES string of the molecule is CC(C)(C)OC(=O)COc1ccc([S+](c2ccccc2)c2ccccc2)cc1.c1ccc(Oc2ccc([S+](c3ccccc3)c3ccccc3)cc2)cc1.c1ccc(Sc2ccc([S+](c3ccccc3)c3ccccc3)cc2)cc1.c1ccc([S+](c2ccccc2)c2cccc3ccccc23)cc1. The molecule has 0 saturated heterocycles. The summed E-state index contributed by atoms with van der Waals surface area (Å²) in [6, 6.07) is 147. The molecule has 0 heterocycles. The first-order valence-corrected chi connectivity index (χ1v) is 39.8. The van der Waals surface area contributed by atoms with E-state index in [9.17, 15) is 4.79 Å². The van der Waals surface area contributed by atoms with Gasteiger partial charge in [0.1, 0.15) is 22.8 Å². The molecule has 0 saturated carbocycles. The van der Waals surface area contributed by atoms with E-state index in [0.717, 1.165) is 11.5 Å². The highest BCUT2D eigenvalue weighted by Crippen LogP contribution is 2.39. The molecule has 0 amide bonds. The van der Waals surface area contributed by atoms with Crippen molar-refractivity contribution in [1.82, 2.24) is 0 Å². The topological polar surface area (TPSA) is 44.8 Å². The molecule has 4 nitrogen and oxygen atoms in total. The smallest absolute Gasteiger partial charge is 0.344 e. The lowest BCUT2D eigenvalue weighted by atomic mass is 10.1. The maximum Gasteiger partial charge on any atom is 0.344 e. The predicted molar refractivity (Wildman–Crippen MR) is 432 cm³/mol. The fraction of sp³-hybridized carbons (Fsp3) is 0.0532. The third-order valence-electron chi connectivity index (χ3n) is 15.7. The molecule has 15 aromatic carbocycles. The Morgan fingerprint density at radius 3 is 0.913 bits per heavy atom. The van der Waals surface area contributed by atoms with Crippen LogP contribution >= 0.6 is 11.8 Å². The summed E-state index contributed by atoms with van der Waals surface area (Å²) in [4.78, 5) is 30.1. The Hall–Kier alpha value is -10.6. The van der Waals surface area contributed by atoms with Crippen LogP contribution in [0.15, 0.2) is 487 Å². The van der Waals surface area contributed by atoms with E-state index >= 15 is 0 Å². The number of carbonyl (C=O) groups is 1. The molecule has 0 aliphatic rings. The molecular weight excluding hydrogens is 1350 g/mol. The van der Waals surface area contributed by atoms with E-state index in [1.165, 1.54) is 79.3 Å². The minimum absolute atomic E-state index is 0.0786. The number of para-hydroxylation sites is 1. The van der Waals surface area contributed by atoms with Crippen molar-refractivity contribution in [3.63, 3.8) is 0 Å². The third-order valence-corrected chi connectivity index (χ3v) is 25.7. The molecule has 0 radical (unpaired) electrons. The lowest BCUT2D eigenvalue weighted by Gasteiger charge is -2.19. The quantitative estimate of drug-likeness (QED) is 0.0596. The summed E-state index contributed by atoms with van der Waals surface area (Å²) in [6.07, 6.45) is 0. The van der Waals surface area contributed by atoms with Gasteiger partial charge < -0.3 is 14.2 Å². The van der Waals surface area contributed by atoms with E-state index in [0.29, 0.717) is 5.75 Å². The first kappa shape index (κ1) is 72.2. The van der Waals surface area contributed by atoms with Gasteiger partial charge in [-0.15, -0.1) is 0 Å². The van der Waals surface area contributed by atoms with Gasteiger partial charge in [-0.05, 0) is 232 Å². The van der Waals surface area contributed by atoms with Crippen LogP contribution in [0.3, 0.4) is 0 Å². The summed E-state index contributed by atoms with van der Waals surface area (Å²) in [5, 5.41) is 2.64.